The van der Waals surface area contributed by atoms with Crippen LogP contribution in [0.15, 0.2) is 46.8 Å². The van der Waals surface area contributed by atoms with Gasteiger partial charge in [-0.2, -0.15) is 0 Å². The molecule has 0 saturated heterocycles. The van der Waals surface area contributed by atoms with Gasteiger partial charge in [0.1, 0.15) is 10.3 Å². The van der Waals surface area contributed by atoms with Crippen LogP contribution in [0.25, 0.3) is 0 Å². The summed E-state index contributed by atoms with van der Waals surface area (Å²) in [6, 6.07) is -0.212. The van der Waals surface area contributed by atoms with Crippen LogP contribution in [0.4, 0.5) is 4.79 Å². The minimum atomic E-state index is -0.212. The molecule has 2 aliphatic rings. The normalized spacial score (nSPS) is 19.6. The van der Waals surface area contributed by atoms with E-state index in [4.69, 9.17) is 23.2 Å². The number of carbonyl (C=O) groups is 1. The van der Waals surface area contributed by atoms with Gasteiger partial charge < -0.3 is 0 Å². The van der Waals surface area contributed by atoms with Crippen molar-refractivity contribution in [3.63, 3.8) is 0 Å². The molecule has 16 heavy (non-hydrogen) atoms. The highest BCUT2D eigenvalue weighted by molar-refractivity contribution is 6.32. The van der Waals surface area contributed by atoms with E-state index in [0.717, 1.165) is 0 Å². The van der Waals surface area contributed by atoms with Crippen molar-refractivity contribution in [3.05, 3.63) is 46.8 Å². The molecule has 2 heterocycles. The Kier molecular flexibility index (Phi) is 3.36. The van der Waals surface area contributed by atoms with Crippen LogP contribution in [0.2, 0.25) is 0 Å². The Morgan fingerprint density at radius 1 is 1.00 bits per heavy atom. The van der Waals surface area contributed by atoms with Crippen LogP contribution in [-0.2, 0) is 0 Å². The molecule has 0 saturated carbocycles. The van der Waals surface area contributed by atoms with Gasteiger partial charge in [-0.25, -0.2) is 4.79 Å². The molecule has 0 radical (unpaired) electrons. The van der Waals surface area contributed by atoms with Crippen LogP contribution in [0, 0.1) is 0 Å². The lowest BCUT2D eigenvalue weighted by molar-refractivity contribution is 0.190. The van der Waals surface area contributed by atoms with E-state index in [1.54, 1.807) is 12.2 Å². The van der Waals surface area contributed by atoms with Gasteiger partial charge in [0.25, 0.3) is 0 Å². The molecule has 0 N–H and O–H groups in total. The monoisotopic (exact) mass is 256 g/mol. The maximum atomic E-state index is 12.1. The quantitative estimate of drug-likeness (QED) is 0.612. The second-order valence-corrected chi connectivity index (χ2v) is 4.11. The lowest BCUT2D eigenvalue weighted by Gasteiger charge is -2.30. The smallest absolute Gasteiger partial charge is 0.280 e. The molecular formula is C11H10Cl2N2O. The molecule has 0 aliphatic carbocycles. The second-order valence-electron chi connectivity index (χ2n) is 3.34. The molecule has 0 aromatic rings. The Bertz CT molecular complexity index is 386. The number of carbonyl (C=O) groups excluding carboxylic acids is 1. The zero-order chi connectivity index (χ0) is 11.5. The van der Waals surface area contributed by atoms with Gasteiger partial charge in [-0.05, 0) is 12.2 Å². The topological polar surface area (TPSA) is 23.6 Å². The number of amides is 2. The summed E-state index contributed by atoms with van der Waals surface area (Å²) >= 11 is 11.9. The lowest BCUT2D eigenvalue weighted by Crippen LogP contribution is -2.41. The zero-order valence-electron chi connectivity index (χ0n) is 8.44. The third-order valence-electron chi connectivity index (χ3n) is 2.29. The number of nitrogens with zero attached hydrogens (tertiary/aromatic N) is 2. The largest absolute Gasteiger partial charge is 0.330 e. The molecule has 0 unspecified atom stereocenters. The Morgan fingerprint density at radius 2 is 1.44 bits per heavy atom. The molecule has 2 aliphatic heterocycles. The Morgan fingerprint density at radius 3 is 1.81 bits per heavy atom. The fraction of sp³-hybridized carbons (Fsp3) is 0.182. The average molecular weight is 257 g/mol. The number of hydrogen-bond acceptors (Lipinski definition) is 1. The first-order valence-electron chi connectivity index (χ1n) is 4.84. The van der Waals surface area contributed by atoms with E-state index in [1.165, 1.54) is 9.80 Å². The van der Waals surface area contributed by atoms with E-state index in [1.807, 2.05) is 24.3 Å². The van der Waals surface area contributed by atoms with Gasteiger partial charge in [0.2, 0.25) is 0 Å². The van der Waals surface area contributed by atoms with Crippen LogP contribution >= 0.6 is 23.2 Å². The summed E-state index contributed by atoms with van der Waals surface area (Å²) in [5.74, 6) is 0. The van der Waals surface area contributed by atoms with Crippen molar-refractivity contribution >= 4 is 29.2 Å². The van der Waals surface area contributed by atoms with Crippen molar-refractivity contribution in [2.75, 3.05) is 13.1 Å². The van der Waals surface area contributed by atoms with Crippen molar-refractivity contribution in [2.45, 2.75) is 0 Å². The maximum Gasteiger partial charge on any atom is 0.330 e. The molecule has 0 atom stereocenters. The summed E-state index contributed by atoms with van der Waals surface area (Å²) in [6.07, 6.45) is 10.7. The zero-order valence-corrected chi connectivity index (χ0v) is 9.95. The highest BCUT2D eigenvalue weighted by Crippen LogP contribution is 2.21. The van der Waals surface area contributed by atoms with E-state index in [2.05, 4.69) is 0 Å². The molecule has 0 fully saturated rings. The third-order valence-corrected chi connectivity index (χ3v) is 2.95. The van der Waals surface area contributed by atoms with Gasteiger partial charge >= 0.3 is 6.03 Å². The number of halogens is 2. The first-order chi connectivity index (χ1) is 7.70. The van der Waals surface area contributed by atoms with Gasteiger partial charge in [-0.15, -0.1) is 0 Å². The first-order valence-corrected chi connectivity index (χ1v) is 5.59. The summed E-state index contributed by atoms with van der Waals surface area (Å²) in [7, 11) is 0. The minimum absolute atomic E-state index is 0.212. The molecule has 2 rings (SSSR count). The fourth-order valence-corrected chi connectivity index (χ4v) is 1.89. The predicted octanol–water partition coefficient (Wildman–Crippen LogP) is 3.01. The van der Waals surface area contributed by atoms with Crippen molar-refractivity contribution in [3.8, 4) is 0 Å². The number of hydrogen-bond donors (Lipinski definition) is 0. The molecule has 3 nitrogen and oxygen atoms in total. The van der Waals surface area contributed by atoms with Crippen molar-refractivity contribution in [1.82, 2.24) is 9.80 Å². The average Bonchev–Trinajstić information content (AvgIpc) is 2.29. The molecule has 5 heteroatoms. The maximum absolute atomic E-state index is 12.1. The van der Waals surface area contributed by atoms with Crippen molar-refractivity contribution in [1.29, 1.82) is 0 Å². The summed E-state index contributed by atoms with van der Waals surface area (Å²) in [5.41, 5.74) is 0. The lowest BCUT2D eigenvalue weighted by atomic mass is 10.3. The molecule has 84 valence electrons. The highest BCUT2D eigenvalue weighted by atomic mass is 35.5. The first kappa shape index (κ1) is 11.3. The van der Waals surface area contributed by atoms with E-state index in [0.29, 0.717) is 23.4 Å². The molecule has 0 aromatic heterocycles. The van der Waals surface area contributed by atoms with E-state index in [-0.39, 0.29) is 6.03 Å². The highest BCUT2D eigenvalue weighted by Gasteiger charge is 2.25. The van der Waals surface area contributed by atoms with Crippen molar-refractivity contribution in [2.24, 2.45) is 0 Å². The van der Waals surface area contributed by atoms with Crippen LogP contribution in [0.1, 0.15) is 0 Å². The van der Waals surface area contributed by atoms with Crippen LogP contribution in [0.5, 0.6) is 0 Å². The Balaban J connectivity index is 2.14. The second kappa shape index (κ2) is 4.76. The molecule has 0 aromatic carbocycles. The molecule has 0 spiro atoms. The van der Waals surface area contributed by atoms with E-state index >= 15 is 0 Å². The van der Waals surface area contributed by atoms with Gasteiger partial charge in [-0.3, -0.25) is 9.80 Å². The number of allylic oxidation sites excluding steroid dienone is 4. The van der Waals surface area contributed by atoms with E-state index in [9.17, 15) is 4.79 Å². The van der Waals surface area contributed by atoms with Crippen LogP contribution in [-0.4, -0.2) is 28.9 Å². The van der Waals surface area contributed by atoms with Gasteiger partial charge in [-0.1, -0.05) is 47.5 Å². The number of urea groups is 1. The van der Waals surface area contributed by atoms with Gasteiger partial charge in [0, 0.05) is 13.1 Å². The minimum Gasteiger partial charge on any atom is -0.280 e. The van der Waals surface area contributed by atoms with Gasteiger partial charge in [0.15, 0.2) is 0 Å². The standard InChI is InChI=1S/C11H10Cl2N2O/c12-9-5-1-3-7-14(9)11(16)15-8-4-2-6-10(15)13/h1-6H,7-8H2. The number of rotatable bonds is 0. The summed E-state index contributed by atoms with van der Waals surface area (Å²) < 4.78 is 0. The predicted molar refractivity (Wildman–Crippen MR) is 65.0 cm³/mol. The summed E-state index contributed by atoms with van der Waals surface area (Å²) in [4.78, 5) is 15.0. The summed E-state index contributed by atoms with van der Waals surface area (Å²) in [5, 5.41) is 0.818. The third kappa shape index (κ3) is 2.15. The molecular weight excluding hydrogens is 247 g/mol. The van der Waals surface area contributed by atoms with E-state index < -0.39 is 0 Å². The molecule has 0 bridgehead atoms. The van der Waals surface area contributed by atoms with Crippen LogP contribution in [0.3, 0.4) is 0 Å². The Labute approximate surface area is 104 Å². The molecule has 2 amide bonds. The fourth-order valence-electron chi connectivity index (χ4n) is 1.47. The summed E-state index contributed by atoms with van der Waals surface area (Å²) in [6.45, 7) is 0.942. The SMILES string of the molecule is O=C(N1CC=CC=C1Cl)N1CC=CC=C1Cl. The Hall–Kier alpha value is -1.19. The van der Waals surface area contributed by atoms with Crippen LogP contribution < -0.4 is 0 Å². The van der Waals surface area contributed by atoms with Crippen molar-refractivity contribution < 1.29 is 4.79 Å². The van der Waals surface area contributed by atoms with Gasteiger partial charge in [0.05, 0.1) is 0 Å².